The Morgan fingerprint density at radius 3 is 2.80 bits per heavy atom. The molecule has 15 heavy (non-hydrogen) atoms. The van der Waals surface area contributed by atoms with Crippen molar-refractivity contribution in [1.29, 1.82) is 0 Å². The Morgan fingerprint density at radius 2 is 2.13 bits per heavy atom. The normalized spacial score (nSPS) is 22.3. The van der Waals surface area contributed by atoms with E-state index in [9.17, 15) is 13.2 Å². The molecule has 0 spiro atoms. The molecule has 84 valence electrons. The molecule has 1 aliphatic heterocycles. The van der Waals surface area contributed by atoms with Gasteiger partial charge in [-0.3, -0.25) is 0 Å². The smallest absolute Gasteiger partial charge is 0.310 e. The zero-order valence-electron chi connectivity index (χ0n) is 8.17. The third-order valence-corrected chi connectivity index (χ3v) is 2.48. The Kier molecular flexibility index (Phi) is 2.41. The van der Waals surface area contributed by atoms with Gasteiger partial charge < -0.3 is 9.88 Å². The molecule has 1 unspecified atom stereocenters. The molecular weight excluding hydrogens is 209 g/mol. The highest BCUT2D eigenvalue weighted by Crippen LogP contribution is 2.31. The second-order valence-electron chi connectivity index (χ2n) is 3.62. The fourth-order valence-electron chi connectivity index (χ4n) is 1.74. The summed E-state index contributed by atoms with van der Waals surface area (Å²) in [5.74, 6) is -0.541. The lowest BCUT2D eigenvalue weighted by molar-refractivity contribution is -0.148. The van der Waals surface area contributed by atoms with Gasteiger partial charge in [-0.2, -0.15) is 13.2 Å². The van der Waals surface area contributed by atoms with E-state index in [4.69, 9.17) is 0 Å². The summed E-state index contributed by atoms with van der Waals surface area (Å²) in [5.41, 5.74) is 0. The predicted octanol–water partition coefficient (Wildman–Crippen LogP) is 1.35. The minimum atomic E-state index is -4.43. The maximum atomic E-state index is 12.6. The van der Waals surface area contributed by atoms with Crippen LogP contribution in [-0.2, 0) is 12.7 Å². The van der Waals surface area contributed by atoms with Gasteiger partial charge in [0.05, 0.1) is 6.54 Å². The molecule has 1 atom stereocenters. The van der Waals surface area contributed by atoms with E-state index in [1.54, 1.807) is 6.92 Å². The highest BCUT2D eigenvalue weighted by Gasteiger charge is 2.39. The summed E-state index contributed by atoms with van der Waals surface area (Å²) in [4.78, 5) is 0. The quantitative estimate of drug-likeness (QED) is 0.717. The molecule has 2 heterocycles. The maximum absolute atomic E-state index is 12.6. The molecule has 2 rings (SSSR count). The lowest BCUT2D eigenvalue weighted by atomic mass is 10.2. The van der Waals surface area contributed by atoms with Crippen LogP contribution in [0.5, 0.6) is 0 Å². The maximum Gasteiger partial charge on any atom is 0.451 e. The van der Waals surface area contributed by atoms with Crippen LogP contribution in [0.1, 0.15) is 31.0 Å². The van der Waals surface area contributed by atoms with Crippen molar-refractivity contribution in [3.05, 3.63) is 11.6 Å². The number of hydrogen-bond acceptors (Lipinski definition) is 3. The number of hydrogen-bond donors (Lipinski definition) is 1. The second-order valence-corrected chi connectivity index (χ2v) is 3.62. The third kappa shape index (κ3) is 1.83. The number of nitrogens with zero attached hydrogens (tertiary/aromatic N) is 3. The van der Waals surface area contributed by atoms with Gasteiger partial charge in [-0.1, -0.05) is 0 Å². The van der Waals surface area contributed by atoms with Gasteiger partial charge in [-0.25, -0.2) is 0 Å². The zero-order valence-corrected chi connectivity index (χ0v) is 8.17. The number of fused-ring (bicyclic) bond motifs is 1. The van der Waals surface area contributed by atoms with Gasteiger partial charge in [-0.05, 0) is 19.9 Å². The molecule has 0 saturated heterocycles. The average Bonchev–Trinajstić information content (AvgIpc) is 2.48. The van der Waals surface area contributed by atoms with E-state index in [1.165, 1.54) is 4.57 Å². The summed E-state index contributed by atoms with van der Waals surface area (Å²) >= 11 is 0. The highest BCUT2D eigenvalue weighted by atomic mass is 19.4. The standard InChI is InChI=1S/C8H11F3N4/c1-5-2-3-12-4-6-13-14-7(15(5)6)8(9,10)11/h5,12H,2-4H2,1H3. The van der Waals surface area contributed by atoms with Crippen molar-refractivity contribution < 1.29 is 13.2 Å². The highest BCUT2D eigenvalue weighted by molar-refractivity contribution is 5.03. The van der Waals surface area contributed by atoms with Crippen LogP contribution in [0, 0.1) is 0 Å². The van der Waals surface area contributed by atoms with Crippen molar-refractivity contribution >= 4 is 0 Å². The van der Waals surface area contributed by atoms with Crippen LogP contribution in [0.2, 0.25) is 0 Å². The van der Waals surface area contributed by atoms with Crippen molar-refractivity contribution in [3.8, 4) is 0 Å². The molecule has 1 N–H and O–H groups in total. The van der Waals surface area contributed by atoms with Crippen molar-refractivity contribution in [2.24, 2.45) is 0 Å². The van der Waals surface area contributed by atoms with Gasteiger partial charge >= 0.3 is 6.18 Å². The number of alkyl halides is 3. The van der Waals surface area contributed by atoms with E-state index in [0.29, 0.717) is 25.3 Å². The first-order valence-electron chi connectivity index (χ1n) is 4.72. The average molecular weight is 220 g/mol. The van der Waals surface area contributed by atoms with Gasteiger partial charge in [-0.15, -0.1) is 10.2 Å². The Bertz CT molecular complexity index is 357. The first-order chi connectivity index (χ1) is 7.00. The SMILES string of the molecule is CC1CCNCc2nnc(C(F)(F)F)n21. The predicted molar refractivity (Wildman–Crippen MR) is 46.1 cm³/mol. The Balaban J connectivity index is 2.47. The molecule has 0 aromatic carbocycles. The minimum absolute atomic E-state index is 0.221. The second kappa shape index (κ2) is 3.48. The van der Waals surface area contributed by atoms with E-state index >= 15 is 0 Å². The van der Waals surface area contributed by atoms with Crippen molar-refractivity contribution in [2.75, 3.05) is 6.54 Å². The topological polar surface area (TPSA) is 42.7 Å². The van der Waals surface area contributed by atoms with Crippen LogP contribution < -0.4 is 5.32 Å². The number of aromatic nitrogens is 3. The van der Waals surface area contributed by atoms with Crippen LogP contribution in [0.4, 0.5) is 13.2 Å². The molecule has 1 aliphatic rings. The van der Waals surface area contributed by atoms with E-state index in [0.717, 1.165) is 0 Å². The third-order valence-electron chi connectivity index (χ3n) is 2.48. The molecule has 1 aromatic rings. The van der Waals surface area contributed by atoms with E-state index in [2.05, 4.69) is 15.5 Å². The van der Waals surface area contributed by atoms with E-state index in [-0.39, 0.29) is 6.04 Å². The zero-order chi connectivity index (χ0) is 11.1. The molecule has 0 aliphatic carbocycles. The van der Waals surface area contributed by atoms with Crippen LogP contribution in [0.15, 0.2) is 0 Å². The number of nitrogens with one attached hydrogen (secondary N) is 1. The summed E-state index contributed by atoms with van der Waals surface area (Å²) in [5, 5.41) is 9.78. The minimum Gasteiger partial charge on any atom is -0.310 e. The Hall–Kier alpha value is -1.11. The van der Waals surface area contributed by atoms with E-state index < -0.39 is 12.0 Å². The van der Waals surface area contributed by atoms with Crippen LogP contribution in [0.3, 0.4) is 0 Å². The first-order valence-corrected chi connectivity index (χ1v) is 4.72. The monoisotopic (exact) mass is 220 g/mol. The van der Waals surface area contributed by atoms with Gasteiger partial charge in [0.1, 0.15) is 5.82 Å². The molecule has 7 heteroatoms. The molecule has 0 bridgehead atoms. The van der Waals surface area contributed by atoms with Crippen molar-refractivity contribution in [1.82, 2.24) is 20.1 Å². The summed E-state index contributed by atoms with van der Waals surface area (Å²) in [6.07, 6.45) is -3.78. The molecular formula is C8H11F3N4. The van der Waals surface area contributed by atoms with E-state index in [1.807, 2.05) is 0 Å². The van der Waals surface area contributed by atoms with Gasteiger partial charge in [0, 0.05) is 6.04 Å². The van der Waals surface area contributed by atoms with Crippen molar-refractivity contribution in [2.45, 2.75) is 32.1 Å². The van der Waals surface area contributed by atoms with Crippen LogP contribution >= 0.6 is 0 Å². The summed E-state index contributed by atoms with van der Waals surface area (Å²) in [7, 11) is 0. The fourth-order valence-corrected chi connectivity index (χ4v) is 1.74. The Labute approximate surface area is 84.5 Å². The number of halogens is 3. The lowest BCUT2D eigenvalue weighted by Crippen LogP contribution is -2.18. The number of rotatable bonds is 0. The molecule has 0 radical (unpaired) electrons. The fraction of sp³-hybridized carbons (Fsp3) is 0.750. The summed E-state index contributed by atoms with van der Waals surface area (Å²) < 4.78 is 38.9. The molecule has 0 amide bonds. The lowest BCUT2D eigenvalue weighted by Gasteiger charge is -2.15. The Morgan fingerprint density at radius 1 is 1.40 bits per heavy atom. The summed E-state index contributed by atoms with van der Waals surface area (Å²) in [6.45, 7) is 2.78. The van der Waals surface area contributed by atoms with Gasteiger partial charge in [0.2, 0.25) is 5.82 Å². The largest absolute Gasteiger partial charge is 0.451 e. The molecule has 4 nitrogen and oxygen atoms in total. The summed E-state index contributed by atoms with van der Waals surface area (Å²) in [6, 6.07) is -0.221. The van der Waals surface area contributed by atoms with Crippen LogP contribution in [-0.4, -0.2) is 21.3 Å². The van der Waals surface area contributed by atoms with Gasteiger partial charge in [0.15, 0.2) is 0 Å². The van der Waals surface area contributed by atoms with Gasteiger partial charge in [0.25, 0.3) is 0 Å². The van der Waals surface area contributed by atoms with Crippen molar-refractivity contribution in [3.63, 3.8) is 0 Å². The molecule has 0 fully saturated rings. The van der Waals surface area contributed by atoms with Crippen LogP contribution in [0.25, 0.3) is 0 Å². The molecule has 0 saturated carbocycles. The molecule has 1 aromatic heterocycles. The first kappa shape index (κ1) is 10.4.